The van der Waals surface area contributed by atoms with Gasteiger partial charge in [0.1, 0.15) is 27.9 Å². The van der Waals surface area contributed by atoms with Crippen molar-refractivity contribution in [2.75, 3.05) is 5.32 Å². The topological polar surface area (TPSA) is 66.4 Å². The quantitative estimate of drug-likeness (QED) is 0.915. The number of anilines is 1. The molecule has 0 fully saturated rings. The van der Waals surface area contributed by atoms with E-state index in [0.717, 1.165) is 11.3 Å². The highest BCUT2D eigenvalue weighted by molar-refractivity contribution is 7.12. The third kappa shape index (κ3) is 2.64. The van der Waals surface area contributed by atoms with Gasteiger partial charge >= 0.3 is 5.97 Å². The van der Waals surface area contributed by atoms with Crippen molar-refractivity contribution in [3.63, 3.8) is 0 Å². The average Bonchev–Trinajstić information content (AvgIpc) is 2.75. The summed E-state index contributed by atoms with van der Waals surface area (Å²) in [5.41, 5.74) is -1.07. The number of nitrogens with one attached hydrogen (secondary N) is 1. The summed E-state index contributed by atoms with van der Waals surface area (Å²) in [6, 6.07) is 2.01. The van der Waals surface area contributed by atoms with Gasteiger partial charge in [0.05, 0.1) is 5.69 Å². The molecule has 0 radical (unpaired) electrons. The van der Waals surface area contributed by atoms with E-state index < -0.39 is 34.9 Å². The van der Waals surface area contributed by atoms with Crippen LogP contribution in [0.15, 0.2) is 23.6 Å². The average molecular weight is 301 g/mol. The fraction of sp³-hybridized carbons (Fsp3) is 0. The number of benzene rings is 1. The number of rotatable bonds is 3. The number of carboxylic acid groups (broad SMARTS) is 1. The van der Waals surface area contributed by atoms with Crippen LogP contribution in [0, 0.1) is 17.5 Å². The van der Waals surface area contributed by atoms with Gasteiger partial charge in [-0.25, -0.2) is 18.0 Å². The molecule has 0 bridgehead atoms. The molecule has 4 nitrogen and oxygen atoms in total. The van der Waals surface area contributed by atoms with Crippen molar-refractivity contribution in [3.8, 4) is 0 Å². The maximum Gasteiger partial charge on any atom is 0.348 e. The van der Waals surface area contributed by atoms with Gasteiger partial charge in [-0.3, -0.25) is 4.79 Å². The van der Waals surface area contributed by atoms with E-state index in [-0.39, 0.29) is 10.6 Å². The van der Waals surface area contributed by atoms with Crippen LogP contribution in [-0.4, -0.2) is 17.0 Å². The second-order valence-corrected chi connectivity index (χ2v) is 4.58. The van der Waals surface area contributed by atoms with Crippen molar-refractivity contribution in [2.24, 2.45) is 0 Å². The molecule has 0 unspecified atom stereocenters. The lowest BCUT2D eigenvalue weighted by Gasteiger charge is -2.06. The smallest absolute Gasteiger partial charge is 0.348 e. The maximum atomic E-state index is 13.4. The lowest BCUT2D eigenvalue weighted by atomic mass is 10.1. The zero-order valence-electron chi connectivity index (χ0n) is 9.62. The molecule has 20 heavy (non-hydrogen) atoms. The Balaban J connectivity index is 2.34. The van der Waals surface area contributed by atoms with Crippen LogP contribution in [0.25, 0.3) is 0 Å². The summed E-state index contributed by atoms with van der Waals surface area (Å²) in [6.45, 7) is 0. The number of amides is 1. The highest BCUT2D eigenvalue weighted by Gasteiger charge is 2.21. The molecule has 0 aliphatic rings. The van der Waals surface area contributed by atoms with Gasteiger partial charge in [0.2, 0.25) is 0 Å². The summed E-state index contributed by atoms with van der Waals surface area (Å²) in [5, 5.41) is 12.3. The fourth-order valence-electron chi connectivity index (χ4n) is 1.52. The zero-order chi connectivity index (χ0) is 14.9. The summed E-state index contributed by atoms with van der Waals surface area (Å²) in [4.78, 5) is 22.4. The summed E-state index contributed by atoms with van der Waals surface area (Å²) < 4.78 is 39.5. The Bertz CT molecular complexity index is 676. The minimum atomic E-state index is -1.37. The van der Waals surface area contributed by atoms with Crippen LogP contribution in [-0.2, 0) is 0 Å². The standard InChI is InChI=1S/C12H6F3NO3S/c13-5-3-6(14)9(7(15)4-5)11(17)16-8-1-2-20-10(8)12(18)19/h1-4H,(H,16,17)(H,18,19). The molecule has 2 aromatic rings. The van der Waals surface area contributed by atoms with Crippen molar-refractivity contribution < 1.29 is 27.9 Å². The van der Waals surface area contributed by atoms with Crippen molar-refractivity contribution in [1.29, 1.82) is 0 Å². The van der Waals surface area contributed by atoms with E-state index in [9.17, 15) is 22.8 Å². The summed E-state index contributed by atoms with van der Waals surface area (Å²) >= 11 is 0.844. The predicted molar refractivity (Wildman–Crippen MR) is 65.5 cm³/mol. The van der Waals surface area contributed by atoms with Crippen LogP contribution < -0.4 is 5.32 Å². The summed E-state index contributed by atoms with van der Waals surface area (Å²) in [7, 11) is 0. The summed E-state index contributed by atoms with van der Waals surface area (Å²) in [6.07, 6.45) is 0. The number of thiophene rings is 1. The molecule has 1 aromatic carbocycles. The Morgan fingerprint density at radius 1 is 1.15 bits per heavy atom. The van der Waals surface area contributed by atoms with E-state index >= 15 is 0 Å². The molecule has 0 saturated carbocycles. The first-order chi connectivity index (χ1) is 9.40. The third-order valence-electron chi connectivity index (χ3n) is 2.34. The van der Waals surface area contributed by atoms with Crippen LogP contribution in [0.1, 0.15) is 20.0 Å². The fourth-order valence-corrected chi connectivity index (χ4v) is 2.20. The van der Waals surface area contributed by atoms with E-state index in [1.165, 1.54) is 11.4 Å². The lowest BCUT2D eigenvalue weighted by Crippen LogP contribution is -2.17. The molecule has 0 atom stereocenters. The van der Waals surface area contributed by atoms with E-state index in [0.29, 0.717) is 12.1 Å². The number of carbonyl (C=O) groups is 2. The monoisotopic (exact) mass is 301 g/mol. The zero-order valence-corrected chi connectivity index (χ0v) is 10.4. The van der Waals surface area contributed by atoms with E-state index in [4.69, 9.17) is 5.11 Å². The minimum Gasteiger partial charge on any atom is -0.477 e. The van der Waals surface area contributed by atoms with E-state index in [2.05, 4.69) is 5.32 Å². The van der Waals surface area contributed by atoms with E-state index in [1.807, 2.05) is 0 Å². The number of carboxylic acids is 1. The maximum absolute atomic E-state index is 13.4. The number of halogens is 3. The van der Waals surface area contributed by atoms with Gasteiger partial charge in [-0.1, -0.05) is 0 Å². The molecule has 1 aromatic heterocycles. The molecule has 8 heteroatoms. The van der Waals surface area contributed by atoms with Gasteiger partial charge < -0.3 is 10.4 Å². The van der Waals surface area contributed by atoms with Gasteiger partial charge in [-0.2, -0.15) is 0 Å². The number of hydrogen-bond donors (Lipinski definition) is 2. The predicted octanol–water partition coefficient (Wildman–Crippen LogP) is 3.12. The largest absolute Gasteiger partial charge is 0.477 e. The molecule has 104 valence electrons. The highest BCUT2D eigenvalue weighted by atomic mass is 32.1. The van der Waals surface area contributed by atoms with Crippen LogP contribution >= 0.6 is 11.3 Å². The molecular weight excluding hydrogens is 295 g/mol. The lowest BCUT2D eigenvalue weighted by molar-refractivity contribution is 0.0703. The first kappa shape index (κ1) is 14.1. The highest BCUT2D eigenvalue weighted by Crippen LogP contribution is 2.24. The molecule has 2 N–H and O–H groups in total. The number of hydrogen-bond acceptors (Lipinski definition) is 3. The molecule has 0 aliphatic carbocycles. The van der Waals surface area contributed by atoms with Crippen LogP contribution in [0.5, 0.6) is 0 Å². The van der Waals surface area contributed by atoms with Crippen molar-refractivity contribution in [3.05, 3.63) is 51.5 Å². The van der Waals surface area contributed by atoms with Gasteiger partial charge in [0.25, 0.3) is 5.91 Å². The molecule has 0 saturated heterocycles. The molecule has 1 amide bonds. The van der Waals surface area contributed by atoms with Crippen LogP contribution in [0.3, 0.4) is 0 Å². The van der Waals surface area contributed by atoms with Crippen molar-refractivity contribution in [2.45, 2.75) is 0 Å². The first-order valence-corrected chi connectivity index (χ1v) is 6.04. The second-order valence-electron chi connectivity index (χ2n) is 3.67. The Morgan fingerprint density at radius 2 is 1.75 bits per heavy atom. The van der Waals surface area contributed by atoms with Gasteiger partial charge in [0.15, 0.2) is 0 Å². The van der Waals surface area contributed by atoms with Gasteiger partial charge in [0, 0.05) is 12.1 Å². The normalized spacial score (nSPS) is 10.3. The van der Waals surface area contributed by atoms with Crippen LogP contribution in [0.4, 0.5) is 18.9 Å². The Morgan fingerprint density at radius 3 is 2.30 bits per heavy atom. The Kier molecular flexibility index (Phi) is 3.75. The first-order valence-electron chi connectivity index (χ1n) is 5.17. The number of aromatic carboxylic acids is 1. The Labute approximate surface area is 114 Å². The van der Waals surface area contributed by atoms with Crippen molar-refractivity contribution >= 4 is 28.9 Å². The Hall–Kier alpha value is -2.35. The van der Waals surface area contributed by atoms with Crippen LogP contribution in [0.2, 0.25) is 0 Å². The van der Waals surface area contributed by atoms with Gasteiger partial charge in [-0.15, -0.1) is 11.3 Å². The summed E-state index contributed by atoms with van der Waals surface area (Å²) in [5.74, 6) is -6.37. The molecular formula is C12H6F3NO3S. The second kappa shape index (κ2) is 5.33. The van der Waals surface area contributed by atoms with E-state index in [1.54, 1.807) is 0 Å². The minimum absolute atomic E-state index is 0.0874. The third-order valence-corrected chi connectivity index (χ3v) is 3.24. The van der Waals surface area contributed by atoms with Crippen molar-refractivity contribution in [1.82, 2.24) is 0 Å². The number of carbonyl (C=O) groups excluding carboxylic acids is 1. The SMILES string of the molecule is O=C(O)c1sccc1NC(=O)c1c(F)cc(F)cc1F. The molecule has 1 heterocycles. The molecule has 0 spiro atoms. The van der Waals surface area contributed by atoms with Gasteiger partial charge in [-0.05, 0) is 11.4 Å². The molecule has 2 rings (SSSR count). The molecule has 0 aliphatic heterocycles.